The van der Waals surface area contributed by atoms with Gasteiger partial charge in [0, 0.05) is 6.54 Å². The lowest BCUT2D eigenvalue weighted by Gasteiger charge is -2.12. The summed E-state index contributed by atoms with van der Waals surface area (Å²) < 4.78 is 4.97. The first-order valence-electron chi connectivity index (χ1n) is 5.47. The Kier molecular flexibility index (Phi) is 4.42. The predicted molar refractivity (Wildman–Crippen MR) is 58.7 cm³/mol. The molecular weight excluding hydrogens is 208 g/mol. The highest BCUT2D eigenvalue weighted by molar-refractivity contribution is 5.90. The summed E-state index contributed by atoms with van der Waals surface area (Å²) in [7, 11) is 0. The van der Waals surface area contributed by atoms with Crippen molar-refractivity contribution >= 4 is 5.91 Å². The van der Waals surface area contributed by atoms with Crippen molar-refractivity contribution < 1.29 is 9.32 Å². The lowest BCUT2D eigenvalue weighted by atomic mass is 10.0. The highest BCUT2D eigenvalue weighted by Crippen LogP contribution is 2.19. The zero-order valence-electron chi connectivity index (χ0n) is 9.86. The van der Waals surface area contributed by atoms with Gasteiger partial charge in [-0.1, -0.05) is 25.4 Å². The number of aromatic nitrogens is 2. The van der Waals surface area contributed by atoms with Crippen LogP contribution < -0.4 is 11.1 Å². The first kappa shape index (κ1) is 12.6. The van der Waals surface area contributed by atoms with Gasteiger partial charge in [-0.05, 0) is 12.8 Å². The molecule has 0 radical (unpaired) electrons. The number of hydrogen-bond donors (Lipinski definition) is 2. The summed E-state index contributed by atoms with van der Waals surface area (Å²) >= 11 is 0. The highest BCUT2D eigenvalue weighted by atomic mass is 16.5. The van der Waals surface area contributed by atoms with Crippen molar-refractivity contribution in [3.63, 3.8) is 0 Å². The van der Waals surface area contributed by atoms with Gasteiger partial charge in [0.05, 0.1) is 6.04 Å². The molecule has 0 aromatic carbocycles. The molecule has 90 valence electrons. The van der Waals surface area contributed by atoms with Crippen LogP contribution in [0.5, 0.6) is 0 Å². The summed E-state index contributed by atoms with van der Waals surface area (Å²) in [4.78, 5) is 15.4. The molecule has 0 saturated heterocycles. The van der Waals surface area contributed by atoms with E-state index in [9.17, 15) is 4.79 Å². The molecule has 0 bridgehead atoms. The second-order valence-electron chi connectivity index (χ2n) is 3.73. The van der Waals surface area contributed by atoms with E-state index in [1.54, 1.807) is 0 Å². The molecule has 0 saturated carbocycles. The molecule has 6 nitrogen and oxygen atoms in total. The smallest absolute Gasteiger partial charge is 0.292 e. The molecule has 1 amide bonds. The second-order valence-corrected chi connectivity index (χ2v) is 3.73. The molecule has 0 aliphatic rings. The first-order valence-corrected chi connectivity index (χ1v) is 5.47. The Morgan fingerprint density at radius 3 is 2.81 bits per heavy atom. The van der Waals surface area contributed by atoms with Crippen LogP contribution in [0.15, 0.2) is 4.52 Å². The molecule has 0 aliphatic heterocycles. The van der Waals surface area contributed by atoms with Crippen LogP contribution in [0.4, 0.5) is 0 Å². The number of rotatable bonds is 5. The van der Waals surface area contributed by atoms with Crippen LogP contribution in [-0.2, 0) is 0 Å². The van der Waals surface area contributed by atoms with Gasteiger partial charge in [-0.3, -0.25) is 4.79 Å². The normalized spacial score (nSPS) is 14.5. The van der Waals surface area contributed by atoms with Gasteiger partial charge in [-0.2, -0.15) is 4.98 Å². The minimum atomic E-state index is -0.339. The fourth-order valence-electron chi connectivity index (χ4n) is 1.20. The highest BCUT2D eigenvalue weighted by Gasteiger charge is 2.22. The molecular formula is C10H18N4O2. The van der Waals surface area contributed by atoms with E-state index in [4.69, 9.17) is 10.3 Å². The van der Waals surface area contributed by atoms with Gasteiger partial charge in [0.2, 0.25) is 5.89 Å². The largest absolute Gasteiger partial charge is 0.349 e. The Bertz CT molecular complexity index is 350. The summed E-state index contributed by atoms with van der Waals surface area (Å²) in [5, 5.41) is 6.19. The van der Waals surface area contributed by atoms with Crippen LogP contribution >= 0.6 is 0 Å². The fraction of sp³-hybridized carbons (Fsp3) is 0.700. The molecule has 16 heavy (non-hydrogen) atoms. The van der Waals surface area contributed by atoms with E-state index in [0.717, 1.165) is 6.42 Å². The standard InChI is InChI=1S/C10H18N4O2/c1-4-6(3)7(11)10-13-8(14-16-10)9(15)12-5-2/h6-7H,4-5,11H2,1-3H3,(H,12,15)/t6?,7-/m0/s1. The van der Waals surface area contributed by atoms with Crippen molar-refractivity contribution in [3.05, 3.63) is 11.7 Å². The minimum absolute atomic E-state index is 0.0376. The summed E-state index contributed by atoms with van der Waals surface area (Å²) in [6.07, 6.45) is 0.917. The fourth-order valence-corrected chi connectivity index (χ4v) is 1.20. The van der Waals surface area contributed by atoms with Crippen LogP contribution in [0.2, 0.25) is 0 Å². The number of amides is 1. The van der Waals surface area contributed by atoms with Gasteiger partial charge in [-0.25, -0.2) is 0 Å². The molecule has 3 N–H and O–H groups in total. The van der Waals surface area contributed by atoms with E-state index in [-0.39, 0.29) is 23.7 Å². The molecule has 1 heterocycles. The average molecular weight is 226 g/mol. The Balaban J connectivity index is 2.74. The number of nitrogens with two attached hydrogens (primary N) is 1. The van der Waals surface area contributed by atoms with Crippen LogP contribution in [0, 0.1) is 5.92 Å². The molecule has 0 spiro atoms. The molecule has 6 heteroatoms. The average Bonchev–Trinajstić information content (AvgIpc) is 2.76. The van der Waals surface area contributed by atoms with Gasteiger partial charge in [0.15, 0.2) is 0 Å². The topological polar surface area (TPSA) is 94.0 Å². The minimum Gasteiger partial charge on any atom is -0.349 e. The Labute approximate surface area is 94.6 Å². The number of carbonyl (C=O) groups is 1. The number of nitrogens with one attached hydrogen (secondary N) is 1. The van der Waals surface area contributed by atoms with Crippen molar-refractivity contribution in [1.29, 1.82) is 0 Å². The van der Waals surface area contributed by atoms with Crippen molar-refractivity contribution in [2.45, 2.75) is 33.2 Å². The second kappa shape index (κ2) is 5.60. The molecule has 1 aromatic heterocycles. The third kappa shape index (κ3) is 2.79. The predicted octanol–water partition coefficient (Wildman–Crippen LogP) is 0.865. The third-order valence-corrected chi connectivity index (χ3v) is 2.52. The van der Waals surface area contributed by atoms with Gasteiger partial charge in [-0.15, -0.1) is 0 Å². The maximum absolute atomic E-state index is 11.4. The lowest BCUT2D eigenvalue weighted by Crippen LogP contribution is -2.24. The number of nitrogens with zero attached hydrogens (tertiary/aromatic N) is 2. The van der Waals surface area contributed by atoms with Gasteiger partial charge >= 0.3 is 0 Å². The zero-order chi connectivity index (χ0) is 12.1. The summed E-state index contributed by atoms with van der Waals surface area (Å²) in [6.45, 7) is 6.39. The summed E-state index contributed by atoms with van der Waals surface area (Å²) in [6, 6.07) is -0.319. The third-order valence-electron chi connectivity index (χ3n) is 2.52. The van der Waals surface area contributed by atoms with E-state index < -0.39 is 0 Å². The van der Waals surface area contributed by atoms with E-state index in [1.165, 1.54) is 0 Å². The SMILES string of the molecule is CCNC(=O)c1noc([C@@H](N)C(C)CC)n1. The van der Waals surface area contributed by atoms with Crippen LogP contribution in [0.25, 0.3) is 0 Å². The molecule has 0 fully saturated rings. The van der Waals surface area contributed by atoms with Crippen LogP contribution in [-0.4, -0.2) is 22.6 Å². The van der Waals surface area contributed by atoms with Crippen molar-refractivity contribution in [2.24, 2.45) is 11.7 Å². The summed E-state index contributed by atoms with van der Waals surface area (Å²) in [5.74, 6) is 0.252. The number of carbonyl (C=O) groups excluding carboxylic acids is 1. The van der Waals surface area contributed by atoms with Gasteiger partial charge in [0.25, 0.3) is 11.7 Å². The molecule has 0 aliphatic carbocycles. The van der Waals surface area contributed by atoms with Crippen LogP contribution in [0.1, 0.15) is 49.7 Å². The van der Waals surface area contributed by atoms with Crippen LogP contribution in [0.3, 0.4) is 0 Å². The van der Waals surface area contributed by atoms with E-state index in [1.807, 2.05) is 20.8 Å². The molecule has 1 rings (SSSR count). The van der Waals surface area contributed by atoms with E-state index in [2.05, 4.69) is 15.5 Å². The zero-order valence-corrected chi connectivity index (χ0v) is 9.86. The van der Waals surface area contributed by atoms with Crippen molar-refractivity contribution in [3.8, 4) is 0 Å². The Morgan fingerprint density at radius 2 is 2.25 bits per heavy atom. The summed E-state index contributed by atoms with van der Waals surface area (Å²) in [5.41, 5.74) is 5.91. The van der Waals surface area contributed by atoms with Crippen molar-refractivity contribution in [1.82, 2.24) is 15.5 Å². The Hall–Kier alpha value is -1.43. The first-order chi connectivity index (χ1) is 7.60. The monoisotopic (exact) mass is 226 g/mol. The number of hydrogen-bond acceptors (Lipinski definition) is 5. The molecule has 2 atom stereocenters. The maximum Gasteiger partial charge on any atom is 0.292 e. The van der Waals surface area contributed by atoms with E-state index in [0.29, 0.717) is 12.4 Å². The van der Waals surface area contributed by atoms with Crippen molar-refractivity contribution in [2.75, 3.05) is 6.54 Å². The quantitative estimate of drug-likeness (QED) is 0.776. The van der Waals surface area contributed by atoms with E-state index >= 15 is 0 Å². The van der Waals surface area contributed by atoms with Gasteiger partial charge < -0.3 is 15.6 Å². The molecule has 1 unspecified atom stereocenters. The molecule has 1 aromatic rings. The maximum atomic E-state index is 11.4. The Morgan fingerprint density at radius 1 is 1.56 bits per heavy atom. The lowest BCUT2D eigenvalue weighted by molar-refractivity contribution is 0.0942. The van der Waals surface area contributed by atoms with Gasteiger partial charge in [0.1, 0.15) is 0 Å².